The van der Waals surface area contributed by atoms with Gasteiger partial charge in [-0.1, -0.05) is 19.3 Å². The van der Waals surface area contributed by atoms with Crippen molar-refractivity contribution in [1.82, 2.24) is 20.5 Å². The maximum absolute atomic E-state index is 14.0. The summed E-state index contributed by atoms with van der Waals surface area (Å²) in [5, 5.41) is 6.86. The van der Waals surface area contributed by atoms with Crippen LogP contribution in [0.4, 0.5) is 10.2 Å². The molecule has 1 aliphatic heterocycles. The molecule has 2 heterocycles. The molecule has 3 rings (SSSR count). The third-order valence-corrected chi connectivity index (χ3v) is 5.83. The lowest BCUT2D eigenvalue weighted by Crippen LogP contribution is -2.45. The minimum atomic E-state index is -0.255. The van der Waals surface area contributed by atoms with Gasteiger partial charge in [0.2, 0.25) is 0 Å². The molecular weight excluding hydrogens is 482 g/mol. The molecule has 2 fully saturated rings. The molecule has 0 aromatic carbocycles. The molecule has 1 saturated heterocycles. The molecule has 8 heteroatoms. The molecule has 0 bridgehead atoms. The van der Waals surface area contributed by atoms with Crippen LogP contribution in [0.3, 0.4) is 0 Å². The Kier molecular flexibility index (Phi) is 10.4. The zero-order valence-corrected chi connectivity index (χ0v) is 20.1. The standard InChI is InChI=1S/C21H35FN6.HI/c1-3-23-21(25-13-15-27(2)18-8-5-4-6-9-18)26-17-11-14-28(16-17)20-19(22)10-7-12-24-20;/h7,10,12,17-18H,3-6,8-9,11,13-16H2,1-2H3,(H2,23,25,26);1H. The molecule has 1 unspecified atom stereocenters. The lowest BCUT2D eigenvalue weighted by molar-refractivity contribution is 0.196. The maximum atomic E-state index is 14.0. The minimum absolute atomic E-state index is 0. The molecule has 1 aliphatic carbocycles. The number of guanidine groups is 1. The van der Waals surface area contributed by atoms with Crippen molar-refractivity contribution in [3.05, 3.63) is 24.1 Å². The summed E-state index contributed by atoms with van der Waals surface area (Å²) in [6.07, 6.45) is 9.34. The summed E-state index contributed by atoms with van der Waals surface area (Å²) in [6, 6.07) is 4.06. The van der Waals surface area contributed by atoms with Crippen molar-refractivity contribution in [2.24, 2.45) is 4.99 Å². The second-order valence-electron chi connectivity index (χ2n) is 7.92. The molecule has 1 atom stereocenters. The summed E-state index contributed by atoms with van der Waals surface area (Å²) in [6.45, 7) is 6.21. The summed E-state index contributed by atoms with van der Waals surface area (Å²) in [7, 11) is 2.22. The van der Waals surface area contributed by atoms with E-state index in [0.29, 0.717) is 5.82 Å². The van der Waals surface area contributed by atoms with Crippen LogP contribution in [0.2, 0.25) is 0 Å². The molecule has 0 amide bonds. The van der Waals surface area contributed by atoms with Crippen LogP contribution < -0.4 is 15.5 Å². The number of aromatic nitrogens is 1. The molecule has 164 valence electrons. The van der Waals surface area contributed by atoms with Crippen molar-refractivity contribution < 1.29 is 4.39 Å². The van der Waals surface area contributed by atoms with Crippen LogP contribution in [0.15, 0.2) is 23.3 Å². The van der Waals surface area contributed by atoms with E-state index in [1.165, 1.54) is 38.2 Å². The predicted octanol–water partition coefficient (Wildman–Crippen LogP) is 3.24. The molecule has 6 nitrogen and oxygen atoms in total. The topological polar surface area (TPSA) is 55.8 Å². The fraction of sp³-hybridized carbons (Fsp3) is 0.714. The largest absolute Gasteiger partial charge is 0.357 e. The van der Waals surface area contributed by atoms with Gasteiger partial charge in [0.05, 0.1) is 6.54 Å². The molecule has 2 aliphatic rings. The third-order valence-electron chi connectivity index (χ3n) is 5.83. The van der Waals surface area contributed by atoms with Crippen LogP contribution in [0.5, 0.6) is 0 Å². The van der Waals surface area contributed by atoms with Crippen molar-refractivity contribution in [2.75, 3.05) is 44.7 Å². The smallest absolute Gasteiger partial charge is 0.191 e. The van der Waals surface area contributed by atoms with Gasteiger partial charge >= 0.3 is 0 Å². The number of likely N-dealkylation sites (N-methyl/N-ethyl adjacent to an activating group) is 1. The summed E-state index contributed by atoms with van der Waals surface area (Å²) in [4.78, 5) is 13.4. The number of hydrogen-bond acceptors (Lipinski definition) is 4. The molecule has 1 aromatic rings. The first-order chi connectivity index (χ1) is 13.7. The number of rotatable bonds is 7. The maximum Gasteiger partial charge on any atom is 0.191 e. The number of nitrogens with zero attached hydrogens (tertiary/aromatic N) is 4. The Balaban J connectivity index is 0.00000300. The number of halogens is 2. The van der Waals surface area contributed by atoms with Crippen LogP contribution in [0.1, 0.15) is 45.4 Å². The Labute approximate surface area is 191 Å². The lowest BCUT2D eigenvalue weighted by atomic mass is 9.94. The van der Waals surface area contributed by atoms with E-state index in [4.69, 9.17) is 4.99 Å². The van der Waals surface area contributed by atoms with Gasteiger partial charge in [0.1, 0.15) is 0 Å². The highest BCUT2D eigenvalue weighted by molar-refractivity contribution is 14.0. The number of nitrogens with one attached hydrogen (secondary N) is 2. The monoisotopic (exact) mass is 518 g/mol. The van der Waals surface area contributed by atoms with Gasteiger partial charge in [0.25, 0.3) is 0 Å². The number of hydrogen-bond donors (Lipinski definition) is 2. The Morgan fingerprint density at radius 3 is 2.83 bits per heavy atom. The van der Waals surface area contributed by atoms with Crippen LogP contribution in [0.25, 0.3) is 0 Å². The van der Waals surface area contributed by atoms with Crippen LogP contribution in [0, 0.1) is 5.82 Å². The van der Waals surface area contributed by atoms with Gasteiger partial charge in [-0.2, -0.15) is 0 Å². The number of pyridine rings is 1. The van der Waals surface area contributed by atoms with E-state index in [1.807, 2.05) is 4.90 Å². The highest BCUT2D eigenvalue weighted by Crippen LogP contribution is 2.22. The highest BCUT2D eigenvalue weighted by atomic mass is 127. The molecule has 1 saturated carbocycles. The van der Waals surface area contributed by atoms with E-state index >= 15 is 0 Å². The van der Waals surface area contributed by atoms with Crippen LogP contribution in [-0.4, -0.2) is 67.7 Å². The van der Waals surface area contributed by atoms with Gasteiger partial charge in [-0.3, -0.25) is 4.99 Å². The van der Waals surface area contributed by atoms with Gasteiger partial charge < -0.3 is 20.4 Å². The van der Waals surface area contributed by atoms with Gasteiger partial charge in [-0.05, 0) is 45.4 Å². The van der Waals surface area contributed by atoms with Crippen molar-refractivity contribution >= 4 is 35.8 Å². The predicted molar refractivity (Wildman–Crippen MR) is 129 cm³/mol. The summed E-state index contributed by atoms with van der Waals surface area (Å²) < 4.78 is 14.0. The molecule has 1 aromatic heterocycles. The zero-order chi connectivity index (χ0) is 19.8. The Morgan fingerprint density at radius 1 is 1.31 bits per heavy atom. The van der Waals surface area contributed by atoms with Crippen molar-refractivity contribution in [3.63, 3.8) is 0 Å². The van der Waals surface area contributed by atoms with Gasteiger partial charge in [0, 0.05) is 44.5 Å². The molecule has 0 spiro atoms. The van der Waals surface area contributed by atoms with E-state index in [-0.39, 0.29) is 35.8 Å². The average molecular weight is 518 g/mol. The summed E-state index contributed by atoms with van der Waals surface area (Å²) >= 11 is 0. The third kappa shape index (κ3) is 7.24. The van der Waals surface area contributed by atoms with Gasteiger partial charge in [0.15, 0.2) is 17.6 Å². The molecule has 2 N–H and O–H groups in total. The first-order valence-corrected chi connectivity index (χ1v) is 10.8. The summed E-state index contributed by atoms with van der Waals surface area (Å²) in [5.41, 5.74) is 0. The van der Waals surface area contributed by atoms with Crippen molar-refractivity contribution in [2.45, 2.75) is 57.5 Å². The number of aliphatic imine (C=N–C) groups is 1. The quantitative estimate of drug-likeness (QED) is 0.330. The SMILES string of the molecule is CCNC(=NCCN(C)C1CCCCC1)NC1CCN(c2ncccc2F)C1.I. The average Bonchev–Trinajstić information content (AvgIpc) is 3.17. The van der Waals surface area contributed by atoms with Gasteiger partial charge in [-0.25, -0.2) is 9.37 Å². The Morgan fingerprint density at radius 2 is 2.10 bits per heavy atom. The highest BCUT2D eigenvalue weighted by Gasteiger charge is 2.26. The van der Waals surface area contributed by atoms with Gasteiger partial charge in [-0.15, -0.1) is 24.0 Å². The van der Waals surface area contributed by atoms with Crippen LogP contribution in [-0.2, 0) is 0 Å². The van der Waals surface area contributed by atoms with Crippen molar-refractivity contribution in [1.29, 1.82) is 0 Å². The molecule has 0 radical (unpaired) electrons. The van der Waals surface area contributed by atoms with E-state index in [1.54, 1.807) is 12.3 Å². The Bertz CT molecular complexity index is 637. The second kappa shape index (κ2) is 12.5. The first-order valence-electron chi connectivity index (χ1n) is 10.8. The van der Waals surface area contributed by atoms with E-state index in [0.717, 1.165) is 51.1 Å². The Hall–Kier alpha value is -1.16. The fourth-order valence-corrected chi connectivity index (χ4v) is 4.22. The minimum Gasteiger partial charge on any atom is -0.357 e. The second-order valence-corrected chi connectivity index (χ2v) is 7.92. The lowest BCUT2D eigenvalue weighted by Gasteiger charge is -2.30. The zero-order valence-electron chi connectivity index (χ0n) is 17.7. The first kappa shape index (κ1) is 24.1. The van der Waals surface area contributed by atoms with E-state index in [2.05, 4.69) is 34.5 Å². The van der Waals surface area contributed by atoms with Crippen molar-refractivity contribution in [3.8, 4) is 0 Å². The molecular formula is C21H36FIN6. The van der Waals surface area contributed by atoms with E-state index in [9.17, 15) is 4.39 Å². The fourth-order valence-electron chi connectivity index (χ4n) is 4.22. The normalized spacial score (nSPS) is 20.6. The van der Waals surface area contributed by atoms with E-state index < -0.39 is 0 Å². The molecule has 29 heavy (non-hydrogen) atoms. The van der Waals surface area contributed by atoms with Crippen LogP contribution >= 0.6 is 24.0 Å². The summed E-state index contributed by atoms with van der Waals surface area (Å²) in [5.74, 6) is 1.05. The number of anilines is 1.